The van der Waals surface area contributed by atoms with Crippen molar-refractivity contribution in [2.24, 2.45) is 0 Å². The number of aryl methyl sites for hydroxylation is 1. The molecule has 0 amide bonds. The summed E-state index contributed by atoms with van der Waals surface area (Å²) in [5.74, 6) is 0.880. The largest absolute Gasteiger partial charge is 0.493 e. The lowest BCUT2D eigenvalue weighted by Gasteiger charge is -2.33. The predicted molar refractivity (Wildman–Crippen MR) is 122 cm³/mol. The van der Waals surface area contributed by atoms with Crippen molar-refractivity contribution in [3.8, 4) is 11.5 Å². The van der Waals surface area contributed by atoms with Crippen LogP contribution in [0.2, 0.25) is 0 Å². The van der Waals surface area contributed by atoms with Crippen LogP contribution in [0.15, 0.2) is 47.4 Å². The number of carbonyl (C=O) groups excluding carboxylic acids is 1. The van der Waals surface area contributed by atoms with E-state index in [1.807, 2.05) is 36.1 Å². The van der Waals surface area contributed by atoms with Crippen LogP contribution in [0.4, 0.5) is 0 Å². The summed E-state index contributed by atoms with van der Waals surface area (Å²) >= 11 is 0. The second kappa shape index (κ2) is 8.93. The highest BCUT2D eigenvalue weighted by molar-refractivity contribution is 7.89. The van der Waals surface area contributed by atoms with E-state index in [2.05, 4.69) is 4.98 Å². The quantitative estimate of drug-likeness (QED) is 0.549. The fraction of sp³-hybridized carbons (Fsp3) is 0.348. The smallest absolute Gasteiger partial charge is 0.243 e. The number of hydrogen-bond acceptors (Lipinski definition) is 6. The van der Waals surface area contributed by atoms with Gasteiger partial charge in [0.25, 0.3) is 0 Å². The molecule has 8 nitrogen and oxygen atoms in total. The van der Waals surface area contributed by atoms with Gasteiger partial charge in [-0.3, -0.25) is 9.69 Å². The summed E-state index contributed by atoms with van der Waals surface area (Å²) in [6, 6.07) is 12.3. The van der Waals surface area contributed by atoms with Crippen molar-refractivity contribution >= 4 is 26.7 Å². The molecule has 4 rings (SSSR count). The Morgan fingerprint density at radius 3 is 2.38 bits per heavy atom. The molecule has 32 heavy (non-hydrogen) atoms. The van der Waals surface area contributed by atoms with Gasteiger partial charge in [-0.2, -0.15) is 4.31 Å². The predicted octanol–water partition coefficient (Wildman–Crippen LogP) is 2.68. The Kier molecular flexibility index (Phi) is 6.23. The lowest BCUT2D eigenvalue weighted by atomic mass is 10.1. The number of nitrogens with zero attached hydrogens (tertiary/aromatic N) is 2. The van der Waals surface area contributed by atoms with Crippen LogP contribution in [-0.2, 0) is 10.0 Å². The van der Waals surface area contributed by atoms with Crippen molar-refractivity contribution < 1.29 is 22.7 Å². The maximum Gasteiger partial charge on any atom is 0.243 e. The first kappa shape index (κ1) is 22.3. The Morgan fingerprint density at radius 2 is 1.69 bits per heavy atom. The molecule has 1 fully saturated rings. The zero-order valence-electron chi connectivity index (χ0n) is 18.4. The van der Waals surface area contributed by atoms with Gasteiger partial charge in [-0.1, -0.05) is 18.2 Å². The van der Waals surface area contributed by atoms with Crippen LogP contribution in [0, 0.1) is 6.92 Å². The molecule has 1 aromatic heterocycles. The number of piperazine rings is 1. The fourth-order valence-electron chi connectivity index (χ4n) is 4.17. The molecule has 0 bridgehead atoms. The van der Waals surface area contributed by atoms with Crippen LogP contribution in [-0.4, -0.2) is 75.3 Å². The third kappa shape index (κ3) is 4.11. The van der Waals surface area contributed by atoms with E-state index in [1.54, 1.807) is 6.07 Å². The van der Waals surface area contributed by atoms with E-state index in [1.165, 1.54) is 30.7 Å². The van der Waals surface area contributed by atoms with Gasteiger partial charge in [-0.15, -0.1) is 0 Å². The standard InChI is InChI=1S/C23H27N3O5S/c1-16-23(18-6-4-5-7-19(18)24-16)20(27)15-25-10-12-26(13-11-25)32(28,29)17-8-9-21(30-2)22(14-17)31-3/h4-9,14,24H,10-13,15H2,1-3H3. The van der Waals surface area contributed by atoms with Crippen LogP contribution >= 0.6 is 0 Å². The summed E-state index contributed by atoms with van der Waals surface area (Å²) in [5.41, 5.74) is 2.51. The number of nitrogens with one attached hydrogen (secondary N) is 1. The van der Waals surface area contributed by atoms with Gasteiger partial charge in [0.2, 0.25) is 10.0 Å². The summed E-state index contributed by atoms with van der Waals surface area (Å²) in [6.45, 7) is 3.76. The van der Waals surface area contributed by atoms with Crippen LogP contribution < -0.4 is 9.47 Å². The zero-order chi connectivity index (χ0) is 22.9. The number of aromatic nitrogens is 1. The number of aromatic amines is 1. The number of methoxy groups -OCH3 is 2. The molecular formula is C23H27N3O5S. The normalized spacial score (nSPS) is 15.7. The number of benzene rings is 2. The van der Waals surface area contributed by atoms with Gasteiger partial charge in [0.1, 0.15) is 0 Å². The Hall–Kier alpha value is -2.88. The number of carbonyl (C=O) groups is 1. The van der Waals surface area contributed by atoms with E-state index in [9.17, 15) is 13.2 Å². The first-order valence-electron chi connectivity index (χ1n) is 10.4. The average Bonchev–Trinajstić information content (AvgIpc) is 3.14. The molecule has 0 saturated carbocycles. The van der Waals surface area contributed by atoms with Crippen molar-refractivity contribution in [3.63, 3.8) is 0 Å². The van der Waals surface area contributed by atoms with E-state index in [0.29, 0.717) is 43.2 Å². The summed E-state index contributed by atoms with van der Waals surface area (Å²) in [7, 11) is -0.693. The van der Waals surface area contributed by atoms with Crippen molar-refractivity contribution in [1.29, 1.82) is 0 Å². The van der Waals surface area contributed by atoms with Gasteiger partial charge in [-0.25, -0.2) is 8.42 Å². The number of rotatable bonds is 7. The number of H-pyrrole nitrogens is 1. The number of fused-ring (bicyclic) bond motifs is 1. The van der Waals surface area contributed by atoms with Gasteiger partial charge in [0.15, 0.2) is 17.3 Å². The van der Waals surface area contributed by atoms with Crippen molar-refractivity contribution in [1.82, 2.24) is 14.2 Å². The number of ketones is 1. The minimum Gasteiger partial charge on any atom is -0.493 e. The molecule has 1 aliphatic heterocycles. The minimum absolute atomic E-state index is 0.0381. The molecule has 0 atom stereocenters. The van der Waals surface area contributed by atoms with E-state index < -0.39 is 10.0 Å². The third-order valence-corrected chi connectivity index (χ3v) is 7.76. The number of Topliss-reactive ketones (excluding diaryl/α,β-unsaturated/α-hetero) is 1. The molecule has 2 heterocycles. The zero-order valence-corrected chi connectivity index (χ0v) is 19.2. The van der Waals surface area contributed by atoms with Crippen molar-refractivity contribution in [3.05, 3.63) is 53.7 Å². The first-order valence-corrected chi connectivity index (χ1v) is 11.8. The summed E-state index contributed by atoms with van der Waals surface area (Å²) in [5, 5.41) is 0.921. The second-order valence-electron chi connectivity index (χ2n) is 7.79. The maximum atomic E-state index is 13.1. The topological polar surface area (TPSA) is 91.9 Å². The fourth-order valence-corrected chi connectivity index (χ4v) is 5.61. The molecule has 9 heteroatoms. The number of hydrogen-bond donors (Lipinski definition) is 1. The SMILES string of the molecule is COc1ccc(S(=O)(=O)N2CCN(CC(=O)c3c(C)[nH]c4ccccc34)CC2)cc1OC. The molecule has 1 aliphatic rings. The molecule has 2 aromatic carbocycles. The van der Waals surface area contributed by atoms with Crippen molar-refractivity contribution in [2.75, 3.05) is 46.9 Å². The molecule has 0 unspecified atom stereocenters. The molecule has 0 aliphatic carbocycles. The molecule has 1 N–H and O–H groups in total. The summed E-state index contributed by atoms with van der Waals surface area (Å²) in [6.07, 6.45) is 0. The highest BCUT2D eigenvalue weighted by atomic mass is 32.2. The van der Waals surface area contributed by atoms with Gasteiger partial charge in [0.05, 0.1) is 25.7 Å². The molecule has 170 valence electrons. The highest BCUT2D eigenvalue weighted by Crippen LogP contribution is 2.31. The summed E-state index contributed by atoms with van der Waals surface area (Å²) < 4.78 is 38.1. The highest BCUT2D eigenvalue weighted by Gasteiger charge is 2.30. The van der Waals surface area contributed by atoms with Crippen molar-refractivity contribution in [2.45, 2.75) is 11.8 Å². The maximum absolute atomic E-state index is 13.1. The first-order chi connectivity index (χ1) is 15.3. The Bertz CT molecular complexity index is 1240. The Labute approximate surface area is 187 Å². The average molecular weight is 458 g/mol. The number of sulfonamides is 1. The van der Waals surface area contributed by atoms with E-state index in [4.69, 9.17) is 9.47 Å². The molecule has 3 aromatic rings. The van der Waals surface area contributed by atoms with Gasteiger partial charge in [-0.05, 0) is 25.1 Å². The van der Waals surface area contributed by atoms with Gasteiger partial charge in [0, 0.05) is 54.4 Å². The van der Waals surface area contributed by atoms with Crippen LogP contribution in [0.1, 0.15) is 16.1 Å². The monoisotopic (exact) mass is 457 g/mol. The lowest BCUT2D eigenvalue weighted by Crippen LogP contribution is -2.49. The molecular weight excluding hydrogens is 430 g/mol. The Morgan fingerprint density at radius 1 is 1.00 bits per heavy atom. The van der Waals surface area contributed by atoms with E-state index in [0.717, 1.165) is 16.6 Å². The van der Waals surface area contributed by atoms with E-state index in [-0.39, 0.29) is 17.2 Å². The molecule has 1 saturated heterocycles. The van der Waals surface area contributed by atoms with Gasteiger partial charge >= 0.3 is 0 Å². The summed E-state index contributed by atoms with van der Waals surface area (Å²) in [4.78, 5) is 18.4. The number of ether oxygens (including phenoxy) is 2. The van der Waals surface area contributed by atoms with Crippen LogP contribution in [0.25, 0.3) is 10.9 Å². The van der Waals surface area contributed by atoms with E-state index >= 15 is 0 Å². The van der Waals surface area contributed by atoms with Crippen LogP contribution in [0.5, 0.6) is 11.5 Å². The molecule has 0 radical (unpaired) electrons. The van der Waals surface area contributed by atoms with Crippen LogP contribution in [0.3, 0.4) is 0 Å². The minimum atomic E-state index is -3.67. The molecule has 0 spiro atoms. The lowest BCUT2D eigenvalue weighted by molar-refractivity contribution is 0.0903. The third-order valence-electron chi connectivity index (χ3n) is 5.86. The van der Waals surface area contributed by atoms with Gasteiger partial charge < -0.3 is 14.5 Å². The second-order valence-corrected chi connectivity index (χ2v) is 9.73. The number of para-hydroxylation sites is 1. The Balaban J connectivity index is 1.44.